The van der Waals surface area contributed by atoms with E-state index < -0.39 is 4.92 Å². The lowest BCUT2D eigenvalue weighted by Gasteiger charge is -2.15. The predicted molar refractivity (Wildman–Crippen MR) is 122 cm³/mol. The van der Waals surface area contributed by atoms with E-state index in [9.17, 15) is 19.7 Å². The molecule has 0 N–H and O–H groups in total. The van der Waals surface area contributed by atoms with Gasteiger partial charge in [-0.3, -0.25) is 24.6 Å². The number of nitro benzene ring substituents is 1. The number of nitrogens with zero attached hydrogens (tertiary/aromatic N) is 2. The van der Waals surface area contributed by atoms with Crippen molar-refractivity contribution < 1.29 is 19.2 Å². The van der Waals surface area contributed by atoms with E-state index >= 15 is 0 Å². The van der Waals surface area contributed by atoms with Gasteiger partial charge in [0.1, 0.15) is 5.75 Å². The number of imide groups is 1. The smallest absolute Gasteiger partial charge is 0.289 e. The summed E-state index contributed by atoms with van der Waals surface area (Å²) in [7, 11) is 0. The first-order valence-electron chi connectivity index (χ1n) is 9.85. The van der Waals surface area contributed by atoms with Gasteiger partial charge in [-0.15, -0.1) is 11.3 Å². The Labute approximate surface area is 187 Å². The van der Waals surface area contributed by atoms with Gasteiger partial charge in [0.25, 0.3) is 10.9 Å². The first-order valence-corrected chi connectivity index (χ1v) is 11.7. The molecule has 1 aliphatic rings. The molecule has 0 saturated carbocycles. The first-order chi connectivity index (χ1) is 15.0. The molecule has 0 atom stereocenters. The highest BCUT2D eigenvalue weighted by atomic mass is 32.2. The Bertz CT molecular complexity index is 1110. The molecule has 1 aromatic heterocycles. The number of amides is 2. The average Bonchev–Trinajstić information content (AvgIpc) is 3.38. The summed E-state index contributed by atoms with van der Waals surface area (Å²) in [4.78, 5) is 35.4. The van der Waals surface area contributed by atoms with Gasteiger partial charge in [0.05, 0.1) is 23.8 Å². The molecule has 160 valence electrons. The van der Waals surface area contributed by atoms with Gasteiger partial charge in [-0.2, -0.15) is 0 Å². The van der Waals surface area contributed by atoms with Crippen LogP contribution in [0.1, 0.15) is 24.0 Å². The monoisotopic (exact) mass is 456 g/mol. The van der Waals surface area contributed by atoms with Gasteiger partial charge in [-0.25, -0.2) is 0 Å². The van der Waals surface area contributed by atoms with E-state index in [1.165, 1.54) is 17.0 Å². The summed E-state index contributed by atoms with van der Waals surface area (Å²) in [5.41, 5.74) is 2.12. The van der Waals surface area contributed by atoms with Gasteiger partial charge in [-0.05, 0) is 47.9 Å². The lowest BCUT2D eigenvalue weighted by atomic mass is 10.1. The lowest BCUT2D eigenvalue weighted by molar-refractivity contribution is -0.384. The summed E-state index contributed by atoms with van der Waals surface area (Å²) in [6, 6.07) is 12.5. The van der Waals surface area contributed by atoms with Crippen LogP contribution >= 0.6 is 23.1 Å². The Hall–Kier alpha value is -2.91. The number of nitro groups is 1. The summed E-state index contributed by atoms with van der Waals surface area (Å²) in [5, 5.41) is 13.5. The number of unbranched alkanes of at least 4 members (excludes halogenated alkanes) is 1. The van der Waals surface area contributed by atoms with Crippen LogP contribution in [-0.4, -0.2) is 33.3 Å². The molecule has 7 nitrogen and oxygen atoms in total. The van der Waals surface area contributed by atoms with Gasteiger partial charge in [0.2, 0.25) is 5.91 Å². The van der Waals surface area contributed by atoms with Crippen molar-refractivity contribution in [3.8, 4) is 5.75 Å². The van der Waals surface area contributed by atoms with Gasteiger partial charge >= 0.3 is 0 Å². The number of rotatable bonds is 9. The quantitative estimate of drug-likeness (QED) is 0.243. The van der Waals surface area contributed by atoms with E-state index in [1.54, 1.807) is 23.5 Å². The van der Waals surface area contributed by atoms with Crippen LogP contribution in [0, 0.1) is 10.1 Å². The van der Waals surface area contributed by atoms with Crippen molar-refractivity contribution in [1.29, 1.82) is 0 Å². The molecule has 31 heavy (non-hydrogen) atoms. The SMILES string of the molecule is O=C1CSC(=O)N1Cc1ccc(OCCCCc2ccc([N+](=O)[O-])cc2)c2ccsc12. The van der Waals surface area contributed by atoms with E-state index in [-0.39, 0.29) is 29.1 Å². The number of ether oxygens (including phenoxy) is 1. The molecule has 1 saturated heterocycles. The number of fused-ring (bicyclic) bond motifs is 1. The van der Waals surface area contributed by atoms with Crippen molar-refractivity contribution >= 4 is 50.0 Å². The van der Waals surface area contributed by atoms with Gasteiger partial charge < -0.3 is 4.74 Å². The molecule has 1 fully saturated rings. The van der Waals surface area contributed by atoms with Crippen molar-refractivity contribution in [3.63, 3.8) is 0 Å². The maximum Gasteiger partial charge on any atom is 0.289 e. The fraction of sp³-hybridized carbons (Fsp3) is 0.273. The Kier molecular flexibility index (Phi) is 6.53. The van der Waals surface area contributed by atoms with Crippen molar-refractivity contribution in [2.75, 3.05) is 12.4 Å². The molecule has 2 heterocycles. The summed E-state index contributed by atoms with van der Waals surface area (Å²) in [5.74, 6) is 0.866. The number of hydrogen-bond acceptors (Lipinski definition) is 7. The number of carbonyl (C=O) groups excluding carboxylic acids is 2. The summed E-state index contributed by atoms with van der Waals surface area (Å²) in [6.45, 7) is 0.855. The zero-order valence-corrected chi connectivity index (χ0v) is 18.2. The van der Waals surface area contributed by atoms with Crippen molar-refractivity contribution in [3.05, 3.63) is 69.1 Å². The molecule has 0 radical (unpaired) electrons. The van der Waals surface area contributed by atoms with Gasteiger partial charge in [0, 0.05) is 22.2 Å². The van der Waals surface area contributed by atoms with Crippen LogP contribution in [0.25, 0.3) is 10.1 Å². The molecular weight excluding hydrogens is 436 g/mol. The predicted octanol–water partition coefficient (Wildman–Crippen LogP) is 5.41. The zero-order valence-electron chi connectivity index (χ0n) is 16.6. The third-order valence-corrected chi connectivity index (χ3v) is 6.94. The number of thioether (sulfide) groups is 1. The maximum absolute atomic E-state index is 11.9. The minimum absolute atomic E-state index is 0.104. The van der Waals surface area contributed by atoms with E-state index in [1.807, 2.05) is 23.6 Å². The Morgan fingerprint density at radius 3 is 2.58 bits per heavy atom. The topological polar surface area (TPSA) is 89.8 Å². The molecule has 0 unspecified atom stereocenters. The minimum atomic E-state index is -0.395. The van der Waals surface area contributed by atoms with Crippen molar-refractivity contribution in [2.45, 2.75) is 25.8 Å². The molecular formula is C22H20N2O5S2. The average molecular weight is 457 g/mol. The lowest BCUT2D eigenvalue weighted by Crippen LogP contribution is -2.27. The Morgan fingerprint density at radius 2 is 1.87 bits per heavy atom. The maximum atomic E-state index is 11.9. The van der Waals surface area contributed by atoms with Crippen LogP contribution in [0.5, 0.6) is 5.75 Å². The van der Waals surface area contributed by atoms with Crippen LogP contribution in [-0.2, 0) is 17.8 Å². The van der Waals surface area contributed by atoms with Crippen LogP contribution in [0.15, 0.2) is 47.8 Å². The van der Waals surface area contributed by atoms with Gasteiger partial charge in [0.15, 0.2) is 0 Å². The normalized spacial score (nSPS) is 13.9. The molecule has 3 aromatic rings. The minimum Gasteiger partial charge on any atom is -0.493 e. The number of benzene rings is 2. The highest BCUT2D eigenvalue weighted by molar-refractivity contribution is 8.14. The van der Waals surface area contributed by atoms with Gasteiger partial charge in [-0.1, -0.05) is 30.0 Å². The third-order valence-electron chi connectivity index (χ3n) is 5.09. The van der Waals surface area contributed by atoms with Crippen LogP contribution in [0.4, 0.5) is 10.5 Å². The first kappa shape index (κ1) is 21.3. The van der Waals surface area contributed by atoms with E-state index in [2.05, 4.69) is 0 Å². The molecule has 2 amide bonds. The molecule has 4 rings (SSSR count). The van der Waals surface area contributed by atoms with E-state index in [0.717, 1.165) is 58.0 Å². The van der Waals surface area contributed by atoms with E-state index in [0.29, 0.717) is 6.61 Å². The largest absolute Gasteiger partial charge is 0.493 e. The number of non-ortho nitro benzene ring substituents is 1. The number of carbonyl (C=O) groups is 2. The molecule has 0 bridgehead atoms. The van der Waals surface area contributed by atoms with E-state index in [4.69, 9.17) is 4.74 Å². The molecule has 2 aromatic carbocycles. The summed E-state index contributed by atoms with van der Waals surface area (Å²) in [6.07, 6.45) is 2.61. The zero-order chi connectivity index (χ0) is 21.8. The highest BCUT2D eigenvalue weighted by Gasteiger charge is 2.30. The third kappa shape index (κ3) is 4.88. The van der Waals surface area contributed by atoms with Crippen LogP contribution in [0.3, 0.4) is 0 Å². The second-order valence-electron chi connectivity index (χ2n) is 7.15. The highest BCUT2D eigenvalue weighted by Crippen LogP contribution is 2.34. The number of hydrogen-bond donors (Lipinski definition) is 0. The molecule has 1 aliphatic heterocycles. The van der Waals surface area contributed by atoms with Crippen molar-refractivity contribution in [1.82, 2.24) is 4.90 Å². The molecule has 9 heteroatoms. The second kappa shape index (κ2) is 9.49. The Balaban J connectivity index is 1.32. The van der Waals surface area contributed by atoms with Crippen molar-refractivity contribution in [2.24, 2.45) is 0 Å². The molecule has 0 spiro atoms. The summed E-state index contributed by atoms with van der Waals surface area (Å²) < 4.78 is 7.03. The standard InChI is InChI=1S/C22H20N2O5S2/c25-20-14-31-22(26)23(20)13-16-6-9-19(18-10-12-30-21(16)18)29-11-2-1-3-15-4-7-17(8-5-15)24(27)28/h4-10,12H,1-3,11,13-14H2. The van der Waals surface area contributed by atoms with Crippen LogP contribution in [0.2, 0.25) is 0 Å². The fourth-order valence-corrected chi connectivity index (χ4v) is 5.09. The Morgan fingerprint density at radius 1 is 1.06 bits per heavy atom. The number of aryl methyl sites for hydroxylation is 1. The fourth-order valence-electron chi connectivity index (χ4n) is 3.45. The molecule has 0 aliphatic carbocycles. The second-order valence-corrected chi connectivity index (χ2v) is 8.99. The summed E-state index contributed by atoms with van der Waals surface area (Å²) >= 11 is 2.62. The van der Waals surface area contributed by atoms with Crippen LogP contribution < -0.4 is 4.74 Å². The number of thiophene rings is 1.